The molecule has 2 aliphatic heterocycles. The van der Waals surface area contributed by atoms with Crippen LogP contribution in [-0.4, -0.2) is 60.9 Å². The molecular weight excluding hydrogens is 342 g/mol. The molecule has 27 heavy (non-hydrogen) atoms. The normalized spacial score (nSPS) is 21.1. The van der Waals surface area contributed by atoms with Gasteiger partial charge in [-0.3, -0.25) is 14.5 Å². The van der Waals surface area contributed by atoms with Crippen molar-refractivity contribution in [2.24, 2.45) is 0 Å². The van der Waals surface area contributed by atoms with Crippen LogP contribution in [0.15, 0.2) is 24.3 Å². The van der Waals surface area contributed by atoms with Crippen LogP contribution in [0, 0.1) is 0 Å². The number of hydrogen-bond donors (Lipinski definition) is 1. The Labute approximate surface area is 161 Å². The van der Waals surface area contributed by atoms with E-state index < -0.39 is 0 Å². The highest BCUT2D eigenvalue weighted by atomic mass is 16.5. The van der Waals surface area contributed by atoms with E-state index in [0.29, 0.717) is 19.4 Å². The Morgan fingerprint density at radius 2 is 2.15 bits per heavy atom. The summed E-state index contributed by atoms with van der Waals surface area (Å²) in [5, 5.41) is 3.17. The number of likely N-dealkylation sites (tertiary alicyclic amines) is 2. The fraction of sp³-hybridized carbons (Fsp3) is 0.619. The van der Waals surface area contributed by atoms with Crippen LogP contribution < -0.4 is 10.1 Å². The monoisotopic (exact) mass is 373 g/mol. The molecule has 1 aromatic rings. The van der Waals surface area contributed by atoms with Crippen molar-refractivity contribution in [2.45, 2.75) is 51.1 Å². The van der Waals surface area contributed by atoms with E-state index >= 15 is 0 Å². The molecule has 2 fully saturated rings. The van der Waals surface area contributed by atoms with E-state index in [-0.39, 0.29) is 17.9 Å². The smallest absolute Gasteiger partial charge is 0.222 e. The standard InChI is InChI=1S/C21H31N3O3/c1-27-19-8-4-6-17(14-19)15-23-11-5-7-18(16-23)22-20(25)10-13-24-12-3-2-9-21(24)26/h4,6,8,14,18H,2-3,5,7,9-13,15-16H2,1H3,(H,22,25). The summed E-state index contributed by atoms with van der Waals surface area (Å²) in [5.41, 5.74) is 1.23. The minimum absolute atomic E-state index is 0.0570. The summed E-state index contributed by atoms with van der Waals surface area (Å²) >= 11 is 0. The highest BCUT2D eigenvalue weighted by Gasteiger charge is 2.23. The van der Waals surface area contributed by atoms with Gasteiger partial charge in [0.05, 0.1) is 7.11 Å². The predicted octanol–water partition coefficient (Wildman–Crippen LogP) is 2.18. The lowest BCUT2D eigenvalue weighted by Crippen LogP contribution is -2.48. The third-order valence-corrected chi connectivity index (χ3v) is 5.44. The largest absolute Gasteiger partial charge is 0.497 e. The summed E-state index contributed by atoms with van der Waals surface area (Å²) in [6, 6.07) is 8.33. The van der Waals surface area contributed by atoms with Gasteiger partial charge in [-0.2, -0.15) is 0 Å². The molecule has 3 rings (SSSR count). The van der Waals surface area contributed by atoms with Crippen LogP contribution in [0.25, 0.3) is 0 Å². The van der Waals surface area contributed by atoms with Gasteiger partial charge in [-0.05, 0) is 49.9 Å². The van der Waals surface area contributed by atoms with Crippen molar-refractivity contribution in [2.75, 3.05) is 33.3 Å². The second kappa shape index (κ2) is 9.74. The summed E-state index contributed by atoms with van der Waals surface area (Å²) in [7, 11) is 1.68. The van der Waals surface area contributed by atoms with E-state index in [1.807, 2.05) is 17.0 Å². The van der Waals surface area contributed by atoms with Crippen molar-refractivity contribution >= 4 is 11.8 Å². The third-order valence-electron chi connectivity index (χ3n) is 5.44. The number of amides is 2. The van der Waals surface area contributed by atoms with Crippen LogP contribution in [0.4, 0.5) is 0 Å². The fourth-order valence-corrected chi connectivity index (χ4v) is 3.98. The number of carbonyl (C=O) groups excluding carboxylic acids is 2. The zero-order valence-corrected chi connectivity index (χ0v) is 16.3. The molecule has 1 atom stereocenters. The topological polar surface area (TPSA) is 61.9 Å². The lowest BCUT2D eigenvalue weighted by atomic mass is 10.0. The number of nitrogens with zero attached hydrogens (tertiary/aromatic N) is 2. The number of methoxy groups -OCH3 is 1. The first-order chi connectivity index (χ1) is 13.1. The van der Waals surface area contributed by atoms with Gasteiger partial charge in [-0.15, -0.1) is 0 Å². The number of carbonyl (C=O) groups is 2. The summed E-state index contributed by atoms with van der Waals surface area (Å²) in [5.74, 6) is 1.12. The van der Waals surface area contributed by atoms with E-state index in [9.17, 15) is 9.59 Å². The van der Waals surface area contributed by atoms with Crippen LogP contribution >= 0.6 is 0 Å². The van der Waals surface area contributed by atoms with Crippen molar-refractivity contribution in [1.82, 2.24) is 15.1 Å². The van der Waals surface area contributed by atoms with Gasteiger partial charge in [-0.25, -0.2) is 0 Å². The van der Waals surface area contributed by atoms with Crippen molar-refractivity contribution in [3.63, 3.8) is 0 Å². The first kappa shape index (κ1) is 19.7. The molecule has 0 spiro atoms. The maximum Gasteiger partial charge on any atom is 0.222 e. The summed E-state index contributed by atoms with van der Waals surface area (Å²) in [6.45, 7) is 4.12. The molecule has 2 aliphatic rings. The Bertz CT molecular complexity index is 649. The van der Waals surface area contributed by atoms with Crippen molar-refractivity contribution in [3.05, 3.63) is 29.8 Å². The molecule has 0 aliphatic carbocycles. The highest BCUT2D eigenvalue weighted by molar-refractivity contribution is 5.79. The van der Waals surface area contributed by atoms with E-state index in [1.54, 1.807) is 7.11 Å². The number of rotatable bonds is 7. The first-order valence-electron chi connectivity index (χ1n) is 10.1. The van der Waals surface area contributed by atoms with Gasteiger partial charge in [0.2, 0.25) is 11.8 Å². The lowest BCUT2D eigenvalue weighted by Gasteiger charge is -2.33. The van der Waals surface area contributed by atoms with Crippen molar-refractivity contribution in [1.29, 1.82) is 0 Å². The number of piperidine rings is 2. The number of nitrogens with one attached hydrogen (secondary N) is 1. The number of benzene rings is 1. The van der Waals surface area contributed by atoms with Crippen molar-refractivity contribution < 1.29 is 14.3 Å². The average Bonchev–Trinajstić information content (AvgIpc) is 2.68. The molecule has 1 unspecified atom stereocenters. The molecule has 148 valence electrons. The predicted molar refractivity (Wildman–Crippen MR) is 104 cm³/mol. The molecule has 6 heteroatoms. The SMILES string of the molecule is COc1cccc(CN2CCCC(NC(=O)CCN3CCCCC3=O)C2)c1. The summed E-state index contributed by atoms with van der Waals surface area (Å²) in [4.78, 5) is 28.4. The molecule has 2 amide bonds. The second-order valence-electron chi connectivity index (χ2n) is 7.58. The van der Waals surface area contributed by atoms with Crippen LogP contribution in [0.1, 0.15) is 44.1 Å². The van der Waals surface area contributed by atoms with Gasteiger partial charge in [0.25, 0.3) is 0 Å². The first-order valence-corrected chi connectivity index (χ1v) is 10.1. The second-order valence-corrected chi connectivity index (χ2v) is 7.58. The molecule has 0 saturated carbocycles. The quantitative estimate of drug-likeness (QED) is 0.796. The number of ether oxygens (including phenoxy) is 1. The molecule has 2 saturated heterocycles. The molecule has 0 aromatic heterocycles. The summed E-state index contributed by atoms with van der Waals surface area (Å²) < 4.78 is 5.30. The molecule has 1 aromatic carbocycles. The Morgan fingerprint density at radius 3 is 2.96 bits per heavy atom. The van der Waals surface area contributed by atoms with Gasteiger partial charge >= 0.3 is 0 Å². The van der Waals surface area contributed by atoms with E-state index in [1.165, 1.54) is 5.56 Å². The van der Waals surface area contributed by atoms with Crippen LogP contribution in [0.3, 0.4) is 0 Å². The molecule has 2 heterocycles. The molecular formula is C21H31N3O3. The maximum absolute atomic E-state index is 12.3. The average molecular weight is 373 g/mol. The van der Waals surface area contributed by atoms with E-state index in [4.69, 9.17) is 4.74 Å². The van der Waals surface area contributed by atoms with Gasteiger partial charge in [0.1, 0.15) is 5.75 Å². The Morgan fingerprint density at radius 1 is 1.26 bits per heavy atom. The van der Waals surface area contributed by atoms with Gasteiger partial charge in [-0.1, -0.05) is 12.1 Å². The van der Waals surface area contributed by atoms with Gasteiger partial charge in [0, 0.05) is 45.1 Å². The highest BCUT2D eigenvalue weighted by Crippen LogP contribution is 2.18. The number of hydrogen-bond acceptors (Lipinski definition) is 4. The zero-order chi connectivity index (χ0) is 19.1. The Kier molecular flexibility index (Phi) is 7.10. The Balaban J connectivity index is 1.43. The summed E-state index contributed by atoms with van der Waals surface area (Å²) in [6.07, 6.45) is 5.16. The minimum atomic E-state index is 0.0570. The van der Waals surface area contributed by atoms with Crippen LogP contribution in [0.2, 0.25) is 0 Å². The molecule has 1 N–H and O–H groups in total. The van der Waals surface area contributed by atoms with Gasteiger partial charge < -0.3 is 15.0 Å². The fourth-order valence-electron chi connectivity index (χ4n) is 3.98. The van der Waals surface area contributed by atoms with Crippen LogP contribution in [0.5, 0.6) is 5.75 Å². The minimum Gasteiger partial charge on any atom is -0.497 e. The van der Waals surface area contributed by atoms with Crippen molar-refractivity contribution in [3.8, 4) is 5.75 Å². The maximum atomic E-state index is 12.3. The molecule has 0 bridgehead atoms. The molecule has 6 nitrogen and oxygen atoms in total. The zero-order valence-electron chi connectivity index (χ0n) is 16.3. The van der Waals surface area contributed by atoms with Crippen LogP contribution in [-0.2, 0) is 16.1 Å². The van der Waals surface area contributed by atoms with E-state index in [2.05, 4.69) is 22.3 Å². The lowest BCUT2D eigenvalue weighted by molar-refractivity contribution is -0.133. The van der Waals surface area contributed by atoms with E-state index in [0.717, 1.165) is 57.6 Å². The third kappa shape index (κ3) is 5.96. The Hall–Kier alpha value is -2.08. The van der Waals surface area contributed by atoms with Gasteiger partial charge in [0.15, 0.2) is 0 Å². The molecule has 0 radical (unpaired) electrons.